The van der Waals surface area contributed by atoms with Gasteiger partial charge in [-0.15, -0.1) is 0 Å². The van der Waals surface area contributed by atoms with Gasteiger partial charge in [0.15, 0.2) is 0 Å². The number of benzene rings is 6. The highest BCUT2D eigenvalue weighted by atomic mass is 31.2. The van der Waals surface area contributed by atoms with Gasteiger partial charge in [-0.2, -0.15) is 0 Å². The van der Waals surface area contributed by atoms with Crippen LogP contribution in [0.1, 0.15) is 265 Å². The minimum atomic E-state index is -2.23. The topological polar surface area (TPSA) is 27.7 Å². The summed E-state index contributed by atoms with van der Waals surface area (Å²) in [6, 6.07) is 58.1. The zero-order valence-electron chi connectivity index (χ0n) is 60.2. The average Bonchev–Trinajstić information content (AvgIpc) is 0.742. The van der Waals surface area contributed by atoms with Gasteiger partial charge in [0, 0.05) is 0 Å². The van der Waals surface area contributed by atoms with Gasteiger partial charge in [-0.25, -0.2) is 0 Å². The third-order valence-corrected chi connectivity index (χ3v) is 21.8. The quantitative estimate of drug-likeness (QED) is 0.0367. The van der Waals surface area contributed by atoms with E-state index in [1.54, 1.807) is 0 Å². The van der Waals surface area contributed by atoms with Crippen LogP contribution in [0, 0.1) is 0 Å². The van der Waals surface area contributed by atoms with E-state index in [0.29, 0.717) is 0 Å². The molecule has 0 aromatic heterocycles. The van der Waals surface area contributed by atoms with Crippen LogP contribution in [0.3, 0.4) is 0 Å². The smallest absolute Gasteiger partial charge is 0.303 e. The molecule has 6 unspecified atom stereocenters. The first-order valence-electron chi connectivity index (χ1n) is 37.6. The van der Waals surface area contributed by atoms with Crippen LogP contribution in [-0.4, -0.2) is 18.3 Å². The molecule has 0 saturated heterocycles. The second-order valence-corrected chi connectivity index (χ2v) is 28.8. The first-order chi connectivity index (χ1) is 46.0. The van der Waals surface area contributed by atoms with E-state index in [2.05, 4.69) is 265 Å². The second-order valence-electron chi connectivity index (χ2n) is 27.7. The van der Waals surface area contributed by atoms with Gasteiger partial charge in [-0.1, -0.05) is 342 Å². The maximum atomic E-state index is 8.47. The van der Waals surface area contributed by atoms with Gasteiger partial charge in [-0.05, 0) is 177 Å². The van der Waals surface area contributed by atoms with Gasteiger partial charge in [0.2, 0.25) is 0 Å². The Morgan fingerprint density at radius 3 is 0.649 bits per heavy atom. The van der Waals surface area contributed by atoms with Crippen LogP contribution >= 0.6 is 8.60 Å². The summed E-state index contributed by atoms with van der Waals surface area (Å²) in [5.74, 6) is 0. The SMILES string of the molecule is CCCC1=C(c2ccc(CCC)cc2)C(CCC)(c2ccc(CCC)cc2)C(OP(OC2C=CC(CCC)=C(c3ccc(CCC)cc3)C2(CCC)c2ccc(CCC)cc2)OC2C=CC(CCC)=C(c3ccc(CCC)cc3)C2(CCC)c2ccc(CCC)cc2)C=C1. The molecule has 6 aromatic rings. The number of aryl methyl sites for hydroxylation is 6. The predicted octanol–water partition coefficient (Wildman–Crippen LogP) is 25.8. The summed E-state index contributed by atoms with van der Waals surface area (Å²) in [6.45, 7) is 27.9. The lowest BCUT2D eigenvalue weighted by Crippen LogP contribution is -2.46. The van der Waals surface area contributed by atoms with Crippen molar-refractivity contribution in [2.24, 2.45) is 0 Å². The Bertz CT molecular complexity index is 3130. The molecule has 3 aliphatic carbocycles. The molecule has 0 radical (unpaired) electrons. The highest BCUT2D eigenvalue weighted by Crippen LogP contribution is 2.62. The summed E-state index contributed by atoms with van der Waals surface area (Å²) >= 11 is 0. The minimum absolute atomic E-state index is 0.460. The van der Waals surface area contributed by atoms with E-state index in [9.17, 15) is 0 Å². The molecule has 500 valence electrons. The Balaban J connectivity index is 1.34. The number of rotatable bonds is 36. The standard InChI is InChI=1S/C90H117O3P/c1-13-25-67-34-46-76(47-35-67)85-73(31-19-7)52-61-82(88(85,64-22-10)79-55-40-70(28-16-4)41-56-79)91-94(92-83-62-53-74(32-20-8)86(77-48-36-68(26-14-2)37-49-77)89(83,65-23-11)80-57-42-71(29-17-5)43-58-80)93-84-63-54-75(33-21-9)87(78-50-38-69(27-15-3)39-51-78)90(84,66-24-12)81-59-44-72(30-18-6)45-60-81/h34-63,82-84H,13-33,64-66H2,1-12H3. The van der Waals surface area contributed by atoms with Crippen LogP contribution in [0.15, 0.2) is 199 Å². The van der Waals surface area contributed by atoms with E-state index in [0.717, 1.165) is 154 Å². The van der Waals surface area contributed by atoms with Crippen molar-refractivity contribution in [3.63, 3.8) is 0 Å². The van der Waals surface area contributed by atoms with Crippen molar-refractivity contribution in [2.45, 2.75) is 272 Å². The molecule has 94 heavy (non-hydrogen) atoms. The lowest BCUT2D eigenvalue weighted by molar-refractivity contribution is 0.0505. The molecule has 3 aliphatic rings. The van der Waals surface area contributed by atoms with Crippen LogP contribution in [0.2, 0.25) is 0 Å². The highest BCUT2D eigenvalue weighted by Gasteiger charge is 2.54. The summed E-state index contributed by atoms with van der Waals surface area (Å²) in [7, 11) is -2.23. The Morgan fingerprint density at radius 1 is 0.255 bits per heavy atom. The van der Waals surface area contributed by atoms with E-state index in [1.165, 1.54) is 100 Å². The van der Waals surface area contributed by atoms with Crippen LogP contribution in [0.5, 0.6) is 0 Å². The summed E-state index contributed by atoms with van der Waals surface area (Å²) in [5, 5.41) is 0. The Labute approximate surface area is 572 Å². The normalized spacial score (nSPS) is 21.6. The van der Waals surface area contributed by atoms with Crippen molar-refractivity contribution >= 4 is 25.3 Å². The molecule has 9 rings (SSSR count). The molecular weight excluding hydrogens is 1160 g/mol. The Morgan fingerprint density at radius 2 is 0.457 bits per heavy atom. The van der Waals surface area contributed by atoms with Crippen molar-refractivity contribution in [2.75, 3.05) is 0 Å². The van der Waals surface area contributed by atoms with E-state index in [1.807, 2.05) is 0 Å². The maximum Gasteiger partial charge on any atom is 0.334 e. The molecule has 3 nitrogen and oxygen atoms in total. The van der Waals surface area contributed by atoms with Gasteiger partial charge in [0.1, 0.15) is 0 Å². The molecule has 0 heterocycles. The molecule has 6 atom stereocenters. The Kier molecular flexibility index (Phi) is 27.2. The third kappa shape index (κ3) is 15.9. The number of hydrogen-bond acceptors (Lipinski definition) is 3. The van der Waals surface area contributed by atoms with Gasteiger partial charge >= 0.3 is 8.60 Å². The van der Waals surface area contributed by atoms with Crippen LogP contribution in [-0.2, 0) is 68.3 Å². The number of allylic oxidation sites excluding steroid dienone is 6. The fraction of sp³-hybridized carbons (Fsp3) is 0.467. The van der Waals surface area contributed by atoms with E-state index >= 15 is 0 Å². The largest absolute Gasteiger partial charge is 0.334 e. The van der Waals surface area contributed by atoms with Gasteiger partial charge in [0.05, 0.1) is 34.6 Å². The maximum absolute atomic E-state index is 8.47. The van der Waals surface area contributed by atoms with Gasteiger partial charge in [-0.3, -0.25) is 0 Å². The molecule has 0 amide bonds. The second kappa shape index (κ2) is 35.4. The van der Waals surface area contributed by atoms with E-state index in [4.69, 9.17) is 13.6 Å². The Hall–Kier alpha value is -5.93. The molecule has 0 N–H and O–H groups in total. The molecule has 0 spiro atoms. The molecule has 0 saturated carbocycles. The van der Waals surface area contributed by atoms with E-state index in [-0.39, 0.29) is 0 Å². The van der Waals surface area contributed by atoms with Crippen LogP contribution in [0.25, 0.3) is 16.7 Å². The van der Waals surface area contributed by atoms with Gasteiger partial charge < -0.3 is 13.6 Å². The molecular formula is C90H117O3P. The predicted molar refractivity (Wildman–Crippen MR) is 407 cm³/mol. The zero-order chi connectivity index (χ0) is 66.5. The lowest BCUT2D eigenvalue weighted by atomic mass is 9.61. The molecule has 0 bridgehead atoms. The summed E-state index contributed by atoms with van der Waals surface area (Å²) in [6.07, 6.45) is 37.7. The van der Waals surface area contributed by atoms with Crippen molar-refractivity contribution in [3.8, 4) is 0 Å². The fourth-order valence-corrected chi connectivity index (χ4v) is 18.1. The molecule has 0 aliphatic heterocycles. The molecule has 0 fully saturated rings. The lowest BCUT2D eigenvalue weighted by Gasteiger charge is -2.50. The first-order valence-corrected chi connectivity index (χ1v) is 38.7. The van der Waals surface area contributed by atoms with Crippen molar-refractivity contribution in [3.05, 3.63) is 266 Å². The summed E-state index contributed by atoms with van der Waals surface area (Å²) < 4.78 is 25.4. The van der Waals surface area contributed by atoms with Crippen LogP contribution in [0.4, 0.5) is 0 Å². The fourth-order valence-electron chi connectivity index (χ4n) is 16.6. The van der Waals surface area contributed by atoms with Gasteiger partial charge in [0.25, 0.3) is 0 Å². The van der Waals surface area contributed by atoms with Crippen molar-refractivity contribution in [1.82, 2.24) is 0 Å². The third-order valence-electron chi connectivity index (χ3n) is 20.6. The summed E-state index contributed by atoms with van der Waals surface area (Å²) in [4.78, 5) is 0. The highest BCUT2D eigenvalue weighted by molar-refractivity contribution is 7.41. The van der Waals surface area contributed by atoms with Crippen molar-refractivity contribution in [1.29, 1.82) is 0 Å². The molecule has 6 aromatic carbocycles. The zero-order valence-corrected chi connectivity index (χ0v) is 61.1. The molecule has 4 heteroatoms. The summed E-state index contributed by atoms with van der Waals surface area (Å²) in [5.41, 5.74) is 22.4. The minimum Gasteiger partial charge on any atom is -0.303 e. The average molecular weight is 1280 g/mol. The number of hydrogen-bond donors (Lipinski definition) is 0. The monoisotopic (exact) mass is 1280 g/mol. The van der Waals surface area contributed by atoms with Crippen LogP contribution < -0.4 is 0 Å². The first kappa shape index (κ1) is 72.3. The van der Waals surface area contributed by atoms with E-state index < -0.39 is 43.2 Å². The van der Waals surface area contributed by atoms with Crippen molar-refractivity contribution < 1.29 is 13.6 Å².